The fraction of sp³-hybridized carbons (Fsp3) is 0.667. The largest absolute Gasteiger partial charge is 0.394 e. The van der Waals surface area contributed by atoms with Crippen molar-refractivity contribution in [2.45, 2.75) is 33.2 Å². The van der Waals surface area contributed by atoms with Crippen molar-refractivity contribution in [2.24, 2.45) is 5.92 Å². The third-order valence-corrected chi connectivity index (χ3v) is 2.87. The number of rotatable bonds is 8. The van der Waals surface area contributed by atoms with E-state index < -0.39 is 4.92 Å². The molecule has 0 bridgehead atoms. The molecule has 0 radical (unpaired) electrons. The van der Waals surface area contributed by atoms with Crippen molar-refractivity contribution in [1.29, 1.82) is 0 Å². The Balaban J connectivity index is 3.08. The molecule has 0 saturated heterocycles. The molecule has 1 unspecified atom stereocenters. The zero-order valence-electron chi connectivity index (χ0n) is 12.0. The molecule has 0 spiro atoms. The molecular weight excluding hydrogens is 262 g/mol. The van der Waals surface area contributed by atoms with E-state index in [9.17, 15) is 15.2 Å². The van der Waals surface area contributed by atoms with Crippen LogP contribution in [0, 0.1) is 16.0 Å². The third kappa shape index (κ3) is 4.02. The van der Waals surface area contributed by atoms with Crippen LogP contribution >= 0.6 is 0 Å². The highest BCUT2D eigenvalue weighted by Crippen LogP contribution is 2.29. The van der Waals surface area contributed by atoms with Crippen molar-refractivity contribution in [2.75, 3.05) is 23.8 Å². The number of aliphatic hydroxyl groups is 1. The lowest BCUT2D eigenvalue weighted by Gasteiger charge is -2.20. The predicted octanol–water partition coefficient (Wildman–Crippen LogP) is 1.64. The van der Waals surface area contributed by atoms with Crippen LogP contribution in [-0.4, -0.2) is 39.2 Å². The zero-order chi connectivity index (χ0) is 15.1. The first-order valence-corrected chi connectivity index (χ1v) is 6.61. The first-order chi connectivity index (χ1) is 9.51. The Bertz CT molecular complexity index is 453. The molecule has 0 aliphatic heterocycles. The van der Waals surface area contributed by atoms with E-state index in [1.807, 2.05) is 20.8 Å². The number of aliphatic hydroxyl groups excluding tert-OH is 1. The van der Waals surface area contributed by atoms with Gasteiger partial charge in [0.05, 0.1) is 17.6 Å². The van der Waals surface area contributed by atoms with E-state index in [4.69, 9.17) is 0 Å². The van der Waals surface area contributed by atoms with E-state index in [0.717, 1.165) is 6.42 Å². The quantitative estimate of drug-likeness (QED) is 0.491. The minimum absolute atomic E-state index is 0.113. The van der Waals surface area contributed by atoms with Crippen molar-refractivity contribution in [3.8, 4) is 0 Å². The van der Waals surface area contributed by atoms with Crippen LogP contribution in [-0.2, 0) is 0 Å². The molecule has 112 valence electrons. The molecule has 0 amide bonds. The maximum absolute atomic E-state index is 11.2. The van der Waals surface area contributed by atoms with Gasteiger partial charge in [0.25, 0.3) is 0 Å². The number of hydrogen-bond acceptors (Lipinski definition) is 7. The van der Waals surface area contributed by atoms with Crippen LogP contribution in [0.1, 0.15) is 27.2 Å². The second-order valence-corrected chi connectivity index (χ2v) is 4.78. The molecule has 8 nitrogen and oxygen atoms in total. The van der Waals surface area contributed by atoms with Crippen LogP contribution < -0.4 is 10.6 Å². The fourth-order valence-electron chi connectivity index (χ4n) is 1.63. The van der Waals surface area contributed by atoms with Gasteiger partial charge >= 0.3 is 5.69 Å². The first-order valence-electron chi connectivity index (χ1n) is 6.61. The summed E-state index contributed by atoms with van der Waals surface area (Å²) in [6, 6.07) is -0.303. The van der Waals surface area contributed by atoms with Gasteiger partial charge < -0.3 is 15.7 Å². The Morgan fingerprint density at radius 1 is 1.40 bits per heavy atom. The summed E-state index contributed by atoms with van der Waals surface area (Å²) in [7, 11) is 0. The molecule has 0 aliphatic rings. The Hall–Kier alpha value is -1.96. The second-order valence-electron chi connectivity index (χ2n) is 4.78. The molecule has 1 heterocycles. The summed E-state index contributed by atoms with van der Waals surface area (Å²) in [5, 5.41) is 26.4. The highest BCUT2D eigenvalue weighted by atomic mass is 16.6. The van der Waals surface area contributed by atoms with Crippen molar-refractivity contribution < 1.29 is 10.0 Å². The van der Waals surface area contributed by atoms with E-state index in [-0.39, 0.29) is 35.9 Å². The lowest BCUT2D eigenvalue weighted by molar-refractivity contribution is -0.383. The molecule has 1 aromatic rings. The summed E-state index contributed by atoms with van der Waals surface area (Å²) >= 11 is 0. The normalized spacial score (nSPS) is 12.2. The highest BCUT2D eigenvalue weighted by Gasteiger charge is 2.25. The maximum atomic E-state index is 11.2. The Morgan fingerprint density at radius 2 is 2.05 bits per heavy atom. The van der Waals surface area contributed by atoms with Crippen LogP contribution in [0.3, 0.4) is 0 Å². The van der Waals surface area contributed by atoms with Crippen LogP contribution in [0.15, 0.2) is 6.33 Å². The molecule has 8 heteroatoms. The topological polar surface area (TPSA) is 113 Å². The summed E-state index contributed by atoms with van der Waals surface area (Å²) < 4.78 is 0. The van der Waals surface area contributed by atoms with Crippen LogP contribution in [0.25, 0.3) is 0 Å². The molecule has 0 fully saturated rings. The fourth-order valence-corrected chi connectivity index (χ4v) is 1.63. The number of aromatic nitrogens is 2. The Labute approximate surface area is 117 Å². The SMILES string of the molecule is CCCNc1ncnc(NC(CO)C(C)C)c1[N+](=O)[O-]. The summed E-state index contributed by atoms with van der Waals surface area (Å²) in [5.74, 6) is 0.424. The van der Waals surface area contributed by atoms with Gasteiger partial charge in [-0.3, -0.25) is 10.1 Å². The average Bonchev–Trinajstić information content (AvgIpc) is 2.41. The molecule has 20 heavy (non-hydrogen) atoms. The van der Waals surface area contributed by atoms with Gasteiger partial charge in [0.15, 0.2) is 0 Å². The van der Waals surface area contributed by atoms with Gasteiger partial charge in [-0.25, -0.2) is 9.97 Å². The molecular formula is C12H21N5O3. The second kappa shape index (κ2) is 7.59. The molecule has 0 saturated carbocycles. The Kier molecular flexibility index (Phi) is 6.10. The molecule has 0 aliphatic carbocycles. The zero-order valence-corrected chi connectivity index (χ0v) is 12.0. The van der Waals surface area contributed by atoms with Crippen LogP contribution in [0.2, 0.25) is 0 Å². The average molecular weight is 283 g/mol. The summed E-state index contributed by atoms with van der Waals surface area (Å²) in [5.41, 5.74) is -0.194. The van der Waals surface area contributed by atoms with Crippen molar-refractivity contribution >= 4 is 17.3 Å². The van der Waals surface area contributed by atoms with Crippen molar-refractivity contribution in [1.82, 2.24) is 9.97 Å². The number of hydrogen-bond donors (Lipinski definition) is 3. The van der Waals surface area contributed by atoms with Crippen LogP contribution in [0.5, 0.6) is 0 Å². The predicted molar refractivity (Wildman–Crippen MR) is 76.8 cm³/mol. The van der Waals surface area contributed by atoms with Gasteiger partial charge in [-0.1, -0.05) is 20.8 Å². The first kappa shape index (κ1) is 16.1. The van der Waals surface area contributed by atoms with Gasteiger partial charge in [0.2, 0.25) is 11.6 Å². The summed E-state index contributed by atoms with van der Waals surface area (Å²) in [4.78, 5) is 18.5. The monoisotopic (exact) mass is 283 g/mol. The Morgan fingerprint density at radius 3 is 2.55 bits per heavy atom. The van der Waals surface area contributed by atoms with Gasteiger partial charge in [-0.05, 0) is 12.3 Å². The van der Waals surface area contributed by atoms with Gasteiger partial charge in [-0.2, -0.15) is 0 Å². The smallest absolute Gasteiger partial charge is 0.353 e. The standard InChI is InChI=1S/C12H21N5O3/c1-4-5-13-11-10(17(19)20)12(15-7-14-11)16-9(6-18)8(2)3/h7-9,18H,4-6H2,1-3H3,(H2,13,14,15,16). The van der Waals surface area contributed by atoms with Gasteiger partial charge in [0.1, 0.15) is 6.33 Å². The van der Waals surface area contributed by atoms with Crippen LogP contribution in [0.4, 0.5) is 17.3 Å². The lowest BCUT2D eigenvalue weighted by atomic mass is 10.1. The molecule has 1 rings (SSSR count). The molecule has 3 N–H and O–H groups in total. The molecule has 1 aromatic heterocycles. The summed E-state index contributed by atoms with van der Waals surface area (Å²) in [6.45, 7) is 6.25. The summed E-state index contributed by atoms with van der Waals surface area (Å²) in [6.07, 6.45) is 2.09. The van der Waals surface area contributed by atoms with E-state index in [0.29, 0.717) is 6.54 Å². The van der Waals surface area contributed by atoms with Crippen molar-refractivity contribution in [3.63, 3.8) is 0 Å². The number of nitro groups is 1. The number of nitrogens with one attached hydrogen (secondary N) is 2. The van der Waals surface area contributed by atoms with Crippen molar-refractivity contribution in [3.05, 3.63) is 16.4 Å². The van der Waals surface area contributed by atoms with Gasteiger partial charge in [0, 0.05) is 6.54 Å². The van der Waals surface area contributed by atoms with Gasteiger partial charge in [-0.15, -0.1) is 0 Å². The molecule has 0 aromatic carbocycles. The maximum Gasteiger partial charge on any atom is 0.353 e. The minimum Gasteiger partial charge on any atom is -0.394 e. The van der Waals surface area contributed by atoms with E-state index in [1.165, 1.54) is 6.33 Å². The molecule has 1 atom stereocenters. The van der Waals surface area contributed by atoms with E-state index in [2.05, 4.69) is 20.6 Å². The lowest BCUT2D eigenvalue weighted by Crippen LogP contribution is -2.30. The van der Waals surface area contributed by atoms with E-state index in [1.54, 1.807) is 0 Å². The van der Waals surface area contributed by atoms with E-state index >= 15 is 0 Å². The number of anilines is 2. The third-order valence-electron chi connectivity index (χ3n) is 2.87. The minimum atomic E-state index is -0.519. The number of nitrogens with zero attached hydrogens (tertiary/aromatic N) is 3. The highest BCUT2D eigenvalue weighted by molar-refractivity contribution is 5.69.